The van der Waals surface area contributed by atoms with Gasteiger partial charge >= 0.3 is 0 Å². The number of rotatable bonds is 10. The van der Waals surface area contributed by atoms with E-state index in [-0.39, 0.29) is 0 Å². The summed E-state index contributed by atoms with van der Waals surface area (Å²) in [6, 6.07) is 69.6. The number of hydrogen-bond acceptors (Lipinski definition) is 2. The van der Waals surface area contributed by atoms with Gasteiger partial charge in [-0.3, -0.25) is 0 Å². The van der Waals surface area contributed by atoms with Crippen LogP contribution in [0.2, 0.25) is 0 Å². The van der Waals surface area contributed by atoms with Gasteiger partial charge in [0.1, 0.15) is 11.5 Å². The molecule has 0 bridgehead atoms. The molecule has 0 spiro atoms. The number of ether oxygens (including phenoxy) is 2. The summed E-state index contributed by atoms with van der Waals surface area (Å²) < 4.78 is 15.0. The highest BCUT2D eigenvalue weighted by atomic mass is 79.9. The molecular weight excluding hydrogens is 1020 g/mol. The Morgan fingerprint density at radius 1 is 0.210 bits per heavy atom. The second-order valence-electron chi connectivity index (χ2n) is 14.9. The van der Waals surface area contributed by atoms with Crippen LogP contribution >= 0.6 is 63.7 Å². The Kier molecular flexibility index (Phi) is 12.5. The van der Waals surface area contributed by atoms with Gasteiger partial charge in [0.05, 0.1) is 14.2 Å². The molecule has 302 valence electrons. The van der Waals surface area contributed by atoms with Crippen molar-refractivity contribution >= 4 is 63.7 Å². The van der Waals surface area contributed by atoms with E-state index in [1.54, 1.807) is 14.2 Å². The van der Waals surface area contributed by atoms with E-state index in [0.717, 1.165) is 118 Å². The lowest BCUT2D eigenvalue weighted by molar-refractivity contribution is 0.415. The SMILES string of the molecule is COc1ccc(-c2ccc(-c3c(-c4ccc(Br)cc4)c(-c4ccc(Br)cc4)c(-c4ccc(Br)cc4)c(-c4ccc(Br)cc4)c3-c3ccc(-c4ccc(OC)cc4)cc3)cc2)cc1. The van der Waals surface area contributed by atoms with Crippen LogP contribution < -0.4 is 9.47 Å². The highest BCUT2D eigenvalue weighted by Crippen LogP contribution is 2.56. The molecule has 9 aromatic carbocycles. The first-order valence-corrected chi connectivity index (χ1v) is 23.2. The van der Waals surface area contributed by atoms with Crippen molar-refractivity contribution in [3.8, 4) is 101 Å². The molecule has 62 heavy (non-hydrogen) atoms. The normalized spacial score (nSPS) is 11.1. The zero-order chi connectivity index (χ0) is 42.7. The molecular formula is C56H38Br4O2. The van der Waals surface area contributed by atoms with Crippen molar-refractivity contribution in [2.45, 2.75) is 0 Å². The van der Waals surface area contributed by atoms with Crippen molar-refractivity contribution in [2.75, 3.05) is 14.2 Å². The van der Waals surface area contributed by atoms with Gasteiger partial charge in [-0.15, -0.1) is 0 Å². The zero-order valence-electron chi connectivity index (χ0n) is 33.8. The molecule has 0 N–H and O–H groups in total. The first kappa shape index (κ1) is 41.8. The van der Waals surface area contributed by atoms with E-state index in [2.05, 4.69) is 234 Å². The fraction of sp³-hybridized carbons (Fsp3) is 0.0357. The maximum atomic E-state index is 5.48. The molecule has 0 radical (unpaired) electrons. The Morgan fingerprint density at radius 2 is 0.355 bits per heavy atom. The van der Waals surface area contributed by atoms with Crippen LogP contribution in [-0.2, 0) is 0 Å². The standard InChI is InChI=1S/C56H38Br4O2/c1-61-49-31-19-37(20-32-49)35-3-7-39(8-4-35)51-52(40-9-5-36(6-10-40)38-21-33-50(62-2)34-22-38)54(42-13-25-46(58)26-14-42)56(44-17-29-48(60)30-18-44)55(43-15-27-47(59)28-16-43)53(51)41-11-23-45(57)24-12-41/h3-34H,1-2H3. The Morgan fingerprint density at radius 3 is 0.532 bits per heavy atom. The van der Waals surface area contributed by atoms with E-state index < -0.39 is 0 Å². The fourth-order valence-electron chi connectivity index (χ4n) is 8.17. The monoisotopic (exact) mass is 1060 g/mol. The zero-order valence-corrected chi connectivity index (χ0v) is 40.1. The summed E-state index contributed by atoms with van der Waals surface area (Å²) in [4.78, 5) is 0. The molecule has 0 aliphatic rings. The third-order valence-corrected chi connectivity index (χ3v) is 13.3. The van der Waals surface area contributed by atoms with Crippen molar-refractivity contribution in [2.24, 2.45) is 0 Å². The first-order valence-electron chi connectivity index (χ1n) is 20.1. The van der Waals surface area contributed by atoms with Crippen molar-refractivity contribution in [3.63, 3.8) is 0 Å². The van der Waals surface area contributed by atoms with Crippen LogP contribution in [0.1, 0.15) is 0 Å². The van der Waals surface area contributed by atoms with Gasteiger partial charge in [0.2, 0.25) is 0 Å². The predicted molar refractivity (Wildman–Crippen MR) is 274 cm³/mol. The van der Waals surface area contributed by atoms with Gasteiger partial charge in [0, 0.05) is 17.9 Å². The van der Waals surface area contributed by atoms with E-state index in [1.165, 1.54) is 0 Å². The van der Waals surface area contributed by atoms with Gasteiger partial charge < -0.3 is 9.47 Å². The lowest BCUT2D eigenvalue weighted by Gasteiger charge is -2.29. The molecule has 0 aromatic heterocycles. The molecule has 0 saturated heterocycles. The van der Waals surface area contributed by atoms with Gasteiger partial charge in [-0.2, -0.15) is 0 Å². The first-order chi connectivity index (χ1) is 30.3. The quantitative estimate of drug-likeness (QED) is 0.136. The summed E-state index contributed by atoms with van der Waals surface area (Å²) in [5.74, 6) is 1.66. The summed E-state index contributed by atoms with van der Waals surface area (Å²) in [6.45, 7) is 0. The topological polar surface area (TPSA) is 18.5 Å². The average molecular weight is 1060 g/mol. The smallest absolute Gasteiger partial charge is 0.118 e. The van der Waals surface area contributed by atoms with Crippen LogP contribution in [0, 0.1) is 0 Å². The Bertz CT molecular complexity index is 2770. The third-order valence-electron chi connectivity index (χ3n) is 11.2. The summed E-state index contributed by atoms with van der Waals surface area (Å²) in [5.41, 5.74) is 18.0. The molecule has 0 aliphatic carbocycles. The van der Waals surface area contributed by atoms with Crippen LogP contribution in [0.5, 0.6) is 11.5 Å². The van der Waals surface area contributed by atoms with Crippen molar-refractivity contribution < 1.29 is 9.47 Å². The number of hydrogen-bond donors (Lipinski definition) is 0. The lowest BCUT2D eigenvalue weighted by Crippen LogP contribution is -2.02. The predicted octanol–water partition coefficient (Wildman–Crippen LogP) is 18.1. The van der Waals surface area contributed by atoms with Crippen molar-refractivity contribution in [1.29, 1.82) is 0 Å². The minimum absolute atomic E-state index is 0.832. The number of benzene rings is 9. The minimum Gasteiger partial charge on any atom is -0.497 e. The molecule has 0 unspecified atom stereocenters. The van der Waals surface area contributed by atoms with E-state index >= 15 is 0 Å². The summed E-state index contributed by atoms with van der Waals surface area (Å²) >= 11 is 15.0. The fourth-order valence-corrected chi connectivity index (χ4v) is 9.23. The van der Waals surface area contributed by atoms with E-state index in [9.17, 15) is 0 Å². The summed E-state index contributed by atoms with van der Waals surface area (Å²) in [7, 11) is 3.40. The number of halogens is 4. The Hall–Kier alpha value is -5.50. The Labute approximate surface area is 396 Å². The average Bonchev–Trinajstić information content (AvgIpc) is 3.32. The van der Waals surface area contributed by atoms with Gasteiger partial charge in [-0.05, 0) is 162 Å². The Balaban J connectivity index is 1.45. The molecule has 9 rings (SSSR count). The summed E-state index contributed by atoms with van der Waals surface area (Å²) in [5, 5.41) is 0. The molecule has 0 saturated carbocycles. The maximum Gasteiger partial charge on any atom is 0.118 e. The molecule has 0 amide bonds. The van der Waals surface area contributed by atoms with Crippen LogP contribution in [0.25, 0.3) is 89.0 Å². The summed E-state index contributed by atoms with van der Waals surface area (Å²) in [6.07, 6.45) is 0. The van der Waals surface area contributed by atoms with Gasteiger partial charge in [0.15, 0.2) is 0 Å². The highest BCUT2D eigenvalue weighted by molar-refractivity contribution is 9.11. The van der Waals surface area contributed by atoms with Crippen LogP contribution in [0.4, 0.5) is 0 Å². The second kappa shape index (κ2) is 18.5. The van der Waals surface area contributed by atoms with Crippen molar-refractivity contribution in [1.82, 2.24) is 0 Å². The van der Waals surface area contributed by atoms with Crippen LogP contribution in [0.3, 0.4) is 0 Å². The van der Waals surface area contributed by atoms with Crippen LogP contribution in [-0.4, -0.2) is 14.2 Å². The largest absolute Gasteiger partial charge is 0.497 e. The molecule has 0 fully saturated rings. The minimum atomic E-state index is 0.832. The van der Waals surface area contributed by atoms with E-state index in [0.29, 0.717) is 0 Å². The lowest BCUT2D eigenvalue weighted by atomic mass is 9.74. The molecule has 0 aliphatic heterocycles. The number of methoxy groups -OCH3 is 2. The third kappa shape index (κ3) is 8.62. The molecule has 6 heteroatoms. The van der Waals surface area contributed by atoms with Gasteiger partial charge in [0.25, 0.3) is 0 Å². The molecule has 0 heterocycles. The molecule has 2 nitrogen and oxygen atoms in total. The maximum absolute atomic E-state index is 5.48. The van der Waals surface area contributed by atoms with Crippen molar-refractivity contribution in [3.05, 3.63) is 212 Å². The van der Waals surface area contributed by atoms with E-state index in [4.69, 9.17) is 9.47 Å². The highest BCUT2D eigenvalue weighted by Gasteiger charge is 2.29. The molecule has 0 atom stereocenters. The molecule has 9 aromatic rings. The van der Waals surface area contributed by atoms with E-state index in [1.807, 2.05) is 24.3 Å². The van der Waals surface area contributed by atoms with Crippen LogP contribution in [0.15, 0.2) is 212 Å². The second-order valence-corrected chi connectivity index (χ2v) is 18.6. The van der Waals surface area contributed by atoms with Gasteiger partial charge in [-0.1, -0.05) is 185 Å². The van der Waals surface area contributed by atoms with Gasteiger partial charge in [-0.25, -0.2) is 0 Å².